The number of sulfonamides is 1. The second-order valence-corrected chi connectivity index (χ2v) is 7.72. The summed E-state index contributed by atoms with van der Waals surface area (Å²) in [6, 6.07) is 11.4. The fraction of sp³-hybridized carbons (Fsp3) is 0.316. The number of methoxy groups -OCH3 is 1. The van der Waals surface area contributed by atoms with Crippen LogP contribution in [0.3, 0.4) is 0 Å². The first-order chi connectivity index (χ1) is 12.3. The van der Waals surface area contributed by atoms with Crippen LogP contribution in [-0.2, 0) is 10.0 Å². The molecule has 0 aliphatic carbocycles. The number of hydrogen-bond donors (Lipinski definition) is 2. The minimum Gasteiger partial charge on any atom is -0.495 e. The van der Waals surface area contributed by atoms with Crippen LogP contribution in [0, 0.1) is 6.92 Å². The molecule has 0 heterocycles. The lowest BCUT2D eigenvalue weighted by Gasteiger charge is -2.15. The molecule has 0 aliphatic rings. The Morgan fingerprint density at radius 3 is 2.54 bits per heavy atom. The molecule has 2 N–H and O–H groups in total. The number of para-hydroxylation sites is 2. The molecule has 0 fully saturated rings. The molecule has 0 saturated carbocycles. The van der Waals surface area contributed by atoms with Crippen LogP contribution in [0.25, 0.3) is 0 Å². The maximum absolute atomic E-state index is 12.8. The molecule has 0 aliphatic heterocycles. The van der Waals surface area contributed by atoms with Crippen LogP contribution >= 0.6 is 0 Å². The summed E-state index contributed by atoms with van der Waals surface area (Å²) in [4.78, 5) is 12.4. The molecule has 6 nitrogen and oxygen atoms in total. The molecular weight excluding hydrogens is 352 g/mol. The number of hydrogen-bond acceptors (Lipinski definition) is 4. The zero-order valence-electron chi connectivity index (χ0n) is 15.4. The fourth-order valence-electron chi connectivity index (χ4n) is 2.37. The van der Waals surface area contributed by atoms with Gasteiger partial charge in [0.25, 0.3) is 15.9 Å². The van der Waals surface area contributed by atoms with E-state index in [0.29, 0.717) is 22.6 Å². The maximum atomic E-state index is 12.8. The predicted molar refractivity (Wildman–Crippen MR) is 102 cm³/mol. The molecule has 0 saturated heterocycles. The van der Waals surface area contributed by atoms with Crippen molar-refractivity contribution in [3.05, 3.63) is 53.6 Å². The summed E-state index contributed by atoms with van der Waals surface area (Å²) in [5.41, 5.74) is 1.19. The van der Waals surface area contributed by atoms with Gasteiger partial charge in [-0.25, -0.2) is 8.42 Å². The van der Waals surface area contributed by atoms with E-state index in [4.69, 9.17) is 4.74 Å². The monoisotopic (exact) mass is 376 g/mol. The molecule has 1 unspecified atom stereocenters. The Labute approximate surface area is 154 Å². The van der Waals surface area contributed by atoms with E-state index in [9.17, 15) is 13.2 Å². The predicted octanol–water partition coefficient (Wildman–Crippen LogP) is 3.33. The first kappa shape index (κ1) is 19.8. The third-order valence-corrected chi connectivity index (χ3v) is 5.59. The van der Waals surface area contributed by atoms with Gasteiger partial charge in [-0.15, -0.1) is 0 Å². The number of carbonyl (C=O) groups excluding carboxylic acids is 1. The molecular formula is C19H24N2O4S. The Balaban J connectivity index is 2.37. The number of anilines is 1. The van der Waals surface area contributed by atoms with Gasteiger partial charge in [-0.05, 0) is 50.1 Å². The summed E-state index contributed by atoms with van der Waals surface area (Å²) >= 11 is 0. The highest BCUT2D eigenvalue weighted by atomic mass is 32.2. The largest absolute Gasteiger partial charge is 0.495 e. The molecule has 0 radical (unpaired) electrons. The normalized spacial score (nSPS) is 12.3. The van der Waals surface area contributed by atoms with E-state index in [0.717, 1.165) is 6.42 Å². The second kappa shape index (κ2) is 8.23. The quantitative estimate of drug-likeness (QED) is 0.776. The average Bonchev–Trinajstić information content (AvgIpc) is 2.61. The molecule has 2 aromatic rings. The lowest BCUT2D eigenvalue weighted by molar-refractivity contribution is 0.0939. The number of rotatable bonds is 7. The van der Waals surface area contributed by atoms with Crippen LogP contribution in [0.2, 0.25) is 0 Å². The van der Waals surface area contributed by atoms with E-state index in [2.05, 4.69) is 10.0 Å². The molecule has 7 heteroatoms. The number of carbonyl (C=O) groups is 1. The second-order valence-electron chi connectivity index (χ2n) is 6.07. The van der Waals surface area contributed by atoms with Crippen molar-refractivity contribution in [3.63, 3.8) is 0 Å². The fourth-order valence-corrected chi connectivity index (χ4v) is 3.71. The van der Waals surface area contributed by atoms with Crippen molar-refractivity contribution < 1.29 is 17.9 Å². The minimum absolute atomic E-state index is 0.00978. The van der Waals surface area contributed by atoms with Gasteiger partial charge in [0.05, 0.1) is 17.7 Å². The Morgan fingerprint density at radius 2 is 1.88 bits per heavy atom. The number of ether oxygens (including phenoxy) is 1. The van der Waals surface area contributed by atoms with Crippen LogP contribution in [0.1, 0.15) is 36.2 Å². The van der Waals surface area contributed by atoms with Gasteiger partial charge in [0.2, 0.25) is 0 Å². The molecule has 1 atom stereocenters. The van der Waals surface area contributed by atoms with E-state index in [1.54, 1.807) is 43.3 Å². The number of benzene rings is 2. The molecule has 26 heavy (non-hydrogen) atoms. The summed E-state index contributed by atoms with van der Waals surface area (Å²) in [5, 5.41) is 2.84. The minimum atomic E-state index is -3.88. The van der Waals surface area contributed by atoms with E-state index in [-0.39, 0.29) is 16.8 Å². The Morgan fingerprint density at radius 1 is 1.19 bits per heavy atom. The van der Waals surface area contributed by atoms with Crippen molar-refractivity contribution in [2.45, 2.75) is 38.1 Å². The number of nitrogens with one attached hydrogen (secondary N) is 2. The molecule has 0 aromatic heterocycles. The summed E-state index contributed by atoms with van der Waals surface area (Å²) in [7, 11) is -2.41. The summed E-state index contributed by atoms with van der Waals surface area (Å²) < 4.78 is 33.4. The third-order valence-electron chi connectivity index (χ3n) is 4.08. The van der Waals surface area contributed by atoms with Crippen molar-refractivity contribution in [1.29, 1.82) is 0 Å². The van der Waals surface area contributed by atoms with Gasteiger partial charge in [0.15, 0.2) is 0 Å². The van der Waals surface area contributed by atoms with E-state index in [1.807, 2.05) is 13.8 Å². The number of aryl methyl sites for hydroxylation is 1. The molecule has 140 valence electrons. The van der Waals surface area contributed by atoms with Gasteiger partial charge in [0.1, 0.15) is 5.75 Å². The Bertz CT molecular complexity index is 894. The average molecular weight is 376 g/mol. The molecule has 1 amide bonds. The highest BCUT2D eigenvalue weighted by Crippen LogP contribution is 2.27. The third kappa shape index (κ3) is 4.54. The Kier molecular flexibility index (Phi) is 6.26. The van der Waals surface area contributed by atoms with Gasteiger partial charge < -0.3 is 10.1 Å². The number of amides is 1. The highest BCUT2D eigenvalue weighted by Gasteiger charge is 2.21. The zero-order chi connectivity index (χ0) is 19.3. The van der Waals surface area contributed by atoms with Gasteiger partial charge in [-0.3, -0.25) is 9.52 Å². The molecule has 0 bridgehead atoms. The van der Waals surface area contributed by atoms with Crippen LogP contribution in [-0.4, -0.2) is 27.5 Å². The van der Waals surface area contributed by atoms with Crippen molar-refractivity contribution >= 4 is 21.6 Å². The SMILES string of the molecule is CCC(C)NC(=O)c1ccc(C)c(S(=O)(=O)Nc2ccccc2OC)c1. The van der Waals surface area contributed by atoms with Crippen molar-refractivity contribution in [2.24, 2.45) is 0 Å². The molecule has 0 spiro atoms. The van der Waals surface area contributed by atoms with E-state index in [1.165, 1.54) is 13.2 Å². The zero-order valence-corrected chi connectivity index (χ0v) is 16.2. The molecule has 2 aromatic carbocycles. The van der Waals surface area contributed by atoms with Gasteiger partial charge in [-0.1, -0.05) is 25.1 Å². The first-order valence-corrected chi connectivity index (χ1v) is 9.84. The lowest BCUT2D eigenvalue weighted by Crippen LogP contribution is -2.32. The van der Waals surface area contributed by atoms with E-state index >= 15 is 0 Å². The van der Waals surface area contributed by atoms with Crippen LogP contribution in [0.15, 0.2) is 47.4 Å². The lowest BCUT2D eigenvalue weighted by atomic mass is 10.1. The standard InChI is InChI=1S/C19H24N2O4S/c1-5-14(3)20-19(22)15-11-10-13(2)18(12-15)26(23,24)21-16-8-6-7-9-17(16)25-4/h6-12,14,21H,5H2,1-4H3,(H,20,22). The van der Waals surface area contributed by atoms with Crippen LogP contribution < -0.4 is 14.8 Å². The van der Waals surface area contributed by atoms with Crippen LogP contribution in [0.5, 0.6) is 5.75 Å². The van der Waals surface area contributed by atoms with Gasteiger partial charge in [0, 0.05) is 11.6 Å². The van der Waals surface area contributed by atoms with Gasteiger partial charge in [-0.2, -0.15) is 0 Å². The maximum Gasteiger partial charge on any atom is 0.262 e. The van der Waals surface area contributed by atoms with E-state index < -0.39 is 10.0 Å². The van der Waals surface area contributed by atoms with Gasteiger partial charge >= 0.3 is 0 Å². The smallest absolute Gasteiger partial charge is 0.262 e. The Hall–Kier alpha value is -2.54. The summed E-state index contributed by atoms with van der Waals surface area (Å²) in [5.74, 6) is 0.118. The van der Waals surface area contributed by atoms with Crippen molar-refractivity contribution in [2.75, 3.05) is 11.8 Å². The molecule has 2 rings (SSSR count). The highest BCUT2D eigenvalue weighted by molar-refractivity contribution is 7.92. The van der Waals surface area contributed by atoms with Crippen molar-refractivity contribution in [3.8, 4) is 5.75 Å². The summed E-state index contributed by atoms with van der Waals surface area (Å²) in [6.45, 7) is 5.55. The first-order valence-electron chi connectivity index (χ1n) is 8.35. The van der Waals surface area contributed by atoms with Crippen LogP contribution in [0.4, 0.5) is 5.69 Å². The van der Waals surface area contributed by atoms with Crippen molar-refractivity contribution in [1.82, 2.24) is 5.32 Å². The topological polar surface area (TPSA) is 84.5 Å². The summed E-state index contributed by atoms with van der Waals surface area (Å²) in [6.07, 6.45) is 0.790.